The smallest absolute Gasteiger partial charge is 0.339 e. The van der Waals surface area contributed by atoms with E-state index in [1.54, 1.807) is 23.8 Å². The number of carboxylic acids is 1. The molecule has 3 N–H and O–H groups in total. The quantitative estimate of drug-likeness (QED) is 0.714. The van der Waals surface area contributed by atoms with Crippen molar-refractivity contribution >= 4 is 29.1 Å². The molecule has 0 aliphatic rings. The van der Waals surface area contributed by atoms with Crippen LogP contribution in [0, 0.1) is 6.92 Å². The van der Waals surface area contributed by atoms with Gasteiger partial charge in [-0.25, -0.2) is 4.79 Å². The Morgan fingerprint density at radius 1 is 1.30 bits per heavy atom. The summed E-state index contributed by atoms with van der Waals surface area (Å²) in [5, 5.41) is 17.7. The fourth-order valence-corrected chi connectivity index (χ4v) is 2.54. The number of hydrogen-bond donors (Lipinski definition) is 3. The topological polar surface area (TPSA) is 109 Å². The third kappa shape index (κ3) is 4.68. The van der Waals surface area contributed by atoms with Crippen molar-refractivity contribution in [2.24, 2.45) is 0 Å². The van der Waals surface area contributed by atoms with Gasteiger partial charge < -0.3 is 20.2 Å². The van der Waals surface area contributed by atoms with Crippen LogP contribution in [0.25, 0.3) is 0 Å². The van der Waals surface area contributed by atoms with E-state index in [1.807, 2.05) is 0 Å². The van der Waals surface area contributed by atoms with E-state index in [4.69, 9.17) is 9.52 Å². The minimum absolute atomic E-state index is 0.0808. The van der Waals surface area contributed by atoms with Crippen molar-refractivity contribution in [1.82, 2.24) is 10.6 Å². The lowest BCUT2D eigenvalue weighted by molar-refractivity contribution is -0.121. The molecule has 0 aliphatic heterocycles. The Morgan fingerprint density at radius 2 is 2.09 bits per heavy atom. The Morgan fingerprint density at radius 3 is 2.70 bits per heavy atom. The van der Waals surface area contributed by atoms with Crippen LogP contribution in [0.15, 0.2) is 27.3 Å². The van der Waals surface area contributed by atoms with E-state index in [0.29, 0.717) is 17.1 Å². The zero-order chi connectivity index (χ0) is 16.8. The largest absolute Gasteiger partial charge is 0.478 e. The van der Waals surface area contributed by atoms with Crippen LogP contribution in [0.1, 0.15) is 38.7 Å². The molecule has 2 rings (SSSR count). The maximum atomic E-state index is 11.7. The van der Waals surface area contributed by atoms with E-state index >= 15 is 0 Å². The fraction of sp³-hybridized carbons (Fsp3) is 0.267. The molecule has 0 unspecified atom stereocenters. The second-order valence-corrected chi connectivity index (χ2v) is 5.56. The van der Waals surface area contributed by atoms with Gasteiger partial charge in [0.25, 0.3) is 5.91 Å². The van der Waals surface area contributed by atoms with Gasteiger partial charge >= 0.3 is 5.97 Å². The maximum Gasteiger partial charge on any atom is 0.339 e. The van der Waals surface area contributed by atoms with Crippen molar-refractivity contribution < 1.29 is 23.9 Å². The molecule has 2 aromatic rings. The normalized spacial score (nSPS) is 10.3. The molecule has 0 aliphatic carbocycles. The van der Waals surface area contributed by atoms with E-state index in [9.17, 15) is 14.4 Å². The highest BCUT2D eigenvalue weighted by atomic mass is 32.1. The van der Waals surface area contributed by atoms with Crippen LogP contribution >= 0.6 is 11.3 Å². The number of aromatic carboxylic acids is 1. The molecule has 23 heavy (non-hydrogen) atoms. The highest BCUT2D eigenvalue weighted by Crippen LogP contribution is 2.14. The number of furan rings is 1. The van der Waals surface area contributed by atoms with Gasteiger partial charge in [-0.05, 0) is 24.4 Å². The maximum absolute atomic E-state index is 11.7. The molecule has 0 bridgehead atoms. The molecule has 7 nitrogen and oxygen atoms in total. The van der Waals surface area contributed by atoms with E-state index < -0.39 is 5.97 Å². The second-order valence-electron chi connectivity index (χ2n) is 4.78. The van der Waals surface area contributed by atoms with E-state index in [0.717, 1.165) is 0 Å². The molecule has 2 amide bonds. The Labute approximate surface area is 136 Å². The van der Waals surface area contributed by atoms with Crippen molar-refractivity contribution in [2.75, 3.05) is 6.54 Å². The Bertz CT molecular complexity index is 706. The number of carbonyl (C=O) groups is 3. The first kappa shape index (κ1) is 16.8. The molecule has 2 heterocycles. The highest BCUT2D eigenvalue weighted by molar-refractivity contribution is 7.08. The van der Waals surface area contributed by atoms with Crippen molar-refractivity contribution in [1.29, 1.82) is 0 Å². The number of nitrogens with one attached hydrogen (secondary N) is 2. The van der Waals surface area contributed by atoms with Gasteiger partial charge in [0, 0.05) is 23.9 Å². The lowest BCUT2D eigenvalue weighted by Crippen LogP contribution is -2.30. The summed E-state index contributed by atoms with van der Waals surface area (Å²) in [7, 11) is 0. The lowest BCUT2D eigenvalue weighted by atomic mass is 10.2. The Kier molecular flexibility index (Phi) is 5.53. The first-order valence-corrected chi connectivity index (χ1v) is 7.81. The summed E-state index contributed by atoms with van der Waals surface area (Å²) in [4.78, 5) is 34.2. The molecule has 0 radical (unpaired) electrons. The molecule has 0 atom stereocenters. The predicted molar refractivity (Wildman–Crippen MR) is 83.5 cm³/mol. The molecule has 122 valence electrons. The van der Waals surface area contributed by atoms with Crippen LogP contribution in [0.5, 0.6) is 0 Å². The number of thiophene rings is 1. The summed E-state index contributed by atoms with van der Waals surface area (Å²) in [5.41, 5.74) is 0.653. The molecule has 0 saturated carbocycles. The van der Waals surface area contributed by atoms with E-state index in [1.165, 1.54) is 17.4 Å². The second kappa shape index (κ2) is 7.59. The van der Waals surface area contributed by atoms with Gasteiger partial charge in [0.15, 0.2) is 0 Å². The third-order valence-corrected chi connectivity index (χ3v) is 3.76. The molecule has 0 spiro atoms. The predicted octanol–water partition coefficient (Wildman–Crippen LogP) is 1.78. The summed E-state index contributed by atoms with van der Waals surface area (Å²) < 4.78 is 5.25. The van der Waals surface area contributed by atoms with Gasteiger partial charge in [-0.2, -0.15) is 11.3 Å². The number of aryl methyl sites for hydroxylation is 1. The van der Waals surface area contributed by atoms with Gasteiger partial charge in [-0.15, -0.1) is 0 Å². The van der Waals surface area contributed by atoms with E-state index in [-0.39, 0.29) is 36.9 Å². The SMILES string of the molecule is Cc1oc(CNC(=O)CCNC(=O)c2ccsc2)cc1C(=O)O. The van der Waals surface area contributed by atoms with Gasteiger partial charge in [0.05, 0.1) is 6.54 Å². The van der Waals surface area contributed by atoms with Crippen LogP contribution in [-0.4, -0.2) is 29.4 Å². The zero-order valence-corrected chi connectivity index (χ0v) is 13.2. The number of amides is 2. The number of carboxylic acid groups (broad SMARTS) is 1. The lowest BCUT2D eigenvalue weighted by Gasteiger charge is -2.05. The molecule has 0 saturated heterocycles. The van der Waals surface area contributed by atoms with Crippen LogP contribution in [-0.2, 0) is 11.3 Å². The summed E-state index contributed by atoms with van der Waals surface area (Å²) in [6.07, 6.45) is 0.126. The van der Waals surface area contributed by atoms with Crippen LogP contribution in [0.2, 0.25) is 0 Å². The number of carbonyl (C=O) groups excluding carboxylic acids is 2. The average molecular weight is 336 g/mol. The number of rotatable bonds is 7. The third-order valence-electron chi connectivity index (χ3n) is 3.08. The van der Waals surface area contributed by atoms with Gasteiger partial charge in [0.2, 0.25) is 5.91 Å². The summed E-state index contributed by atoms with van der Waals surface area (Å²) in [6.45, 7) is 1.87. The van der Waals surface area contributed by atoms with Crippen LogP contribution < -0.4 is 10.6 Å². The Balaban J connectivity index is 1.72. The van der Waals surface area contributed by atoms with Crippen LogP contribution in [0.4, 0.5) is 0 Å². The molecular formula is C15H16N2O5S. The summed E-state index contributed by atoms with van der Waals surface area (Å²) >= 11 is 1.43. The average Bonchev–Trinajstić information content (AvgIpc) is 3.14. The van der Waals surface area contributed by atoms with Crippen molar-refractivity contribution in [3.63, 3.8) is 0 Å². The molecular weight excluding hydrogens is 320 g/mol. The molecule has 0 aromatic carbocycles. The first-order chi connectivity index (χ1) is 11.0. The standard InChI is InChI=1S/C15H16N2O5S/c1-9-12(15(20)21)6-11(22-9)7-17-13(18)2-4-16-14(19)10-3-5-23-8-10/h3,5-6,8H,2,4,7H2,1H3,(H,16,19)(H,17,18)(H,20,21). The summed E-state index contributed by atoms with van der Waals surface area (Å²) in [5.74, 6) is -0.881. The number of hydrogen-bond acceptors (Lipinski definition) is 5. The first-order valence-electron chi connectivity index (χ1n) is 6.87. The van der Waals surface area contributed by atoms with Crippen molar-refractivity contribution in [3.05, 3.63) is 45.5 Å². The van der Waals surface area contributed by atoms with Crippen molar-refractivity contribution in [3.8, 4) is 0 Å². The summed E-state index contributed by atoms with van der Waals surface area (Å²) in [6, 6.07) is 3.09. The van der Waals surface area contributed by atoms with Crippen molar-refractivity contribution in [2.45, 2.75) is 19.9 Å². The van der Waals surface area contributed by atoms with Gasteiger partial charge in [0.1, 0.15) is 17.1 Å². The van der Waals surface area contributed by atoms with Gasteiger partial charge in [-0.1, -0.05) is 0 Å². The molecule has 8 heteroatoms. The minimum atomic E-state index is -1.07. The zero-order valence-electron chi connectivity index (χ0n) is 12.4. The fourth-order valence-electron chi connectivity index (χ4n) is 1.90. The van der Waals surface area contributed by atoms with Crippen LogP contribution in [0.3, 0.4) is 0 Å². The van der Waals surface area contributed by atoms with Gasteiger partial charge in [-0.3, -0.25) is 9.59 Å². The molecule has 2 aromatic heterocycles. The minimum Gasteiger partial charge on any atom is -0.478 e. The highest BCUT2D eigenvalue weighted by Gasteiger charge is 2.14. The van der Waals surface area contributed by atoms with E-state index in [2.05, 4.69) is 10.6 Å². The molecule has 0 fully saturated rings. The Hall–Kier alpha value is -2.61. The monoisotopic (exact) mass is 336 g/mol.